The van der Waals surface area contributed by atoms with Crippen molar-refractivity contribution in [3.05, 3.63) is 35.9 Å². The number of amides is 2. The van der Waals surface area contributed by atoms with Crippen LogP contribution in [-0.2, 0) is 9.59 Å². The third-order valence-electron chi connectivity index (χ3n) is 3.36. The average molecular weight is 328 g/mol. The van der Waals surface area contributed by atoms with E-state index < -0.39 is 17.9 Å². The highest BCUT2D eigenvalue weighted by atomic mass is 35.5. The fourth-order valence-electron chi connectivity index (χ4n) is 2.27. The van der Waals surface area contributed by atoms with Crippen molar-refractivity contribution in [3.8, 4) is 0 Å². The van der Waals surface area contributed by atoms with Crippen LogP contribution < -0.4 is 11.5 Å². The predicted molar refractivity (Wildman–Crippen MR) is 90.4 cm³/mol. The quantitative estimate of drug-likeness (QED) is 0.799. The molecule has 0 saturated carbocycles. The third-order valence-corrected chi connectivity index (χ3v) is 3.36. The first-order valence-corrected chi connectivity index (χ1v) is 7.20. The summed E-state index contributed by atoms with van der Waals surface area (Å²) >= 11 is 0. The second-order valence-corrected chi connectivity index (χ2v) is 5.80. The highest BCUT2D eigenvalue weighted by molar-refractivity contribution is 5.85. The van der Waals surface area contributed by atoms with Crippen LogP contribution in [0.1, 0.15) is 32.4 Å². The molecule has 0 radical (unpaired) electrons. The molecule has 0 aliphatic rings. The third kappa shape index (κ3) is 6.03. The standard InChI is InChI=1S/C16H25N3O2.ClH/c1-11(2)9-19(10-14(17)20)16(21)12(3)15(18)13-7-5-4-6-8-13;/h4-8,11-12,15H,9-10,18H2,1-3H3,(H2,17,20);1H. The van der Waals surface area contributed by atoms with Crippen molar-refractivity contribution in [1.82, 2.24) is 4.90 Å². The predicted octanol–water partition coefficient (Wildman–Crippen LogP) is 1.71. The molecule has 0 aromatic heterocycles. The second kappa shape index (κ2) is 9.43. The molecule has 2 atom stereocenters. The van der Waals surface area contributed by atoms with Gasteiger partial charge in [0.05, 0.1) is 12.5 Å². The molecule has 0 spiro atoms. The van der Waals surface area contributed by atoms with Crippen molar-refractivity contribution in [2.45, 2.75) is 26.8 Å². The van der Waals surface area contributed by atoms with E-state index >= 15 is 0 Å². The zero-order valence-corrected chi connectivity index (χ0v) is 14.2. The van der Waals surface area contributed by atoms with Crippen molar-refractivity contribution in [1.29, 1.82) is 0 Å². The Morgan fingerprint density at radius 3 is 2.14 bits per heavy atom. The summed E-state index contributed by atoms with van der Waals surface area (Å²) in [4.78, 5) is 25.2. The molecule has 0 fully saturated rings. The number of hydrogen-bond acceptors (Lipinski definition) is 3. The molecular formula is C16H26ClN3O2. The lowest BCUT2D eigenvalue weighted by molar-refractivity contribution is -0.139. The molecule has 1 rings (SSSR count). The molecule has 0 aliphatic carbocycles. The SMILES string of the molecule is CC(C)CN(CC(N)=O)C(=O)C(C)C(N)c1ccccc1.Cl. The Labute approximate surface area is 138 Å². The molecule has 0 saturated heterocycles. The maximum Gasteiger partial charge on any atom is 0.237 e. The normalized spacial score (nSPS) is 13.1. The van der Waals surface area contributed by atoms with Crippen molar-refractivity contribution < 1.29 is 9.59 Å². The topological polar surface area (TPSA) is 89.4 Å². The monoisotopic (exact) mass is 327 g/mol. The molecular weight excluding hydrogens is 302 g/mol. The van der Waals surface area contributed by atoms with E-state index in [2.05, 4.69) is 0 Å². The van der Waals surface area contributed by atoms with Crippen LogP contribution in [0.15, 0.2) is 30.3 Å². The summed E-state index contributed by atoms with van der Waals surface area (Å²) in [7, 11) is 0. The number of carbonyl (C=O) groups excluding carboxylic acids is 2. The lowest BCUT2D eigenvalue weighted by Crippen LogP contribution is -2.45. The summed E-state index contributed by atoms with van der Waals surface area (Å²) in [6.07, 6.45) is 0. The highest BCUT2D eigenvalue weighted by Crippen LogP contribution is 2.21. The summed E-state index contributed by atoms with van der Waals surface area (Å²) in [5, 5.41) is 0. The Bertz CT molecular complexity index is 480. The van der Waals surface area contributed by atoms with Crippen LogP contribution in [0.25, 0.3) is 0 Å². The van der Waals surface area contributed by atoms with Crippen LogP contribution in [-0.4, -0.2) is 29.8 Å². The van der Waals surface area contributed by atoms with Gasteiger partial charge < -0.3 is 16.4 Å². The molecule has 5 nitrogen and oxygen atoms in total. The van der Waals surface area contributed by atoms with E-state index in [1.54, 1.807) is 6.92 Å². The number of primary amides is 1. The lowest BCUT2D eigenvalue weighted by atomic mass is 9.94. The van der Waals surface area contributed by atoms with Crippen LogP contribution in [0, 0.1) is 11.8 Å². The largest absolute Gasteiger partial charge is 0.368 e. The van der Waals surface area contributed by atoms with Crippen molar-refractivity contribution >= 4 is 24.2 Å². The minimum Gasteiger partial charge on any atom is -0.368 e. The van der Waals surface area contributed by atoms with Gasteiger partial charge in [-0.1, -0.05) is 51.1 Å². The van der Waals surface area contributed by atoms with Gasteiger partial charge in [-0.2, -0.15) is 0 Å². The van der Waals surface area contributed by atoms with E-state index in [9.17, 15) is 9.59 Å². The summed E-state index contributed by atoms with van der Waals surface area (Å²) in [6.45, 7) is 6.19. The highest BCUT2D eigenvalue weighted by Gasteiger charge is 2.27. The van der Waals surface area contributed by atoms with E-state index in [4.69, 9.17) is 11.5 Å². The van der Waals surface area contributed by atoms with Gasteiger partial charge in [-0.05, 0) is 11.5 Å². The molecule has 0 bridgehead atoms. The van der Waals surface area contributed by atoms with Gasteiger partial charge in [0.2, 0.25) is 11.8 Å². The number of carbonyl (C=O) groups is 2. The van der Waals surface area contributed by atoms with Crippen LogP contribution in [0.5, 0.6) is 0 Å². The Morgan fingerprint density at radius 2 is 1.68 bits per heavy atom. The fourth-order valence-corrected chi connectivity index (χ4v) is 2.27. The molecule has 0 heterocycles. The molecule has 22 heavy (non-hydrogen) atoms. The maximum absolute atomic E-state index is 12.6. The summed E-state index contributed by atoms with van der Waals surface area (Å²) in [5.74, 6) is -0.803. The lowest BCUT2D eigenvalue weighted by Gasteiger charge is -2.29. The van der Waals surface area contributed by atoms with Gasteiger partial charge in [0.25, 0.3) is 0 Å². The minimum absolute atomic E-state index is 0. The summed E-state index contributed by atoms with van der Waals surface area (Å²) in [5.41, 5.74) is 12.3. The molecule has 1 aromatic carbocycles. The van der Waals surface area contributed by atoms with Gasteiger partial charge in [-0.25, -0.2) is 0 Å². The minimum atomic E-state index is -0.510. The fraction of sp³-hybridized carbons (Fsp3) is 0.500. The molecule has 124 valence electrons. The van der Waals surface area contributed by atoms with Crippen molar-refractivity contribution in [2.75, 3.05) is 13.1 Å². The second-order valence-electron chi connectivity index (χ2n) is 5.80. The first kappa shape index (κ1) is 20.4. The van der Waals surface area contributed by atoms with E-state index in [-0.39, 0.29) is 30.8 Å². The number of rotatable bonds is 7. The number of benzene rings is 1. The molecule has 2 amide bonds. The number of nitrogens with zero attached hydrogens (tertiary/aromatic N) is 1. The van der Waals surface area contributed by atoms with Crippen LogP contribution in [0.4, 0.5) is 0 Å². The average Bonchev–Trinajstić information content (AvgIpc) is 2.44. The van der Waals surface area contributed by atoms with E-state index in [1.807, 2.05) is 44.2 Å². The first-order valence-electron chi connectivity index (χ1n) is 7.20. The first-order chi connectivity index (χ1) is 9.82. The van der Waals surface area contributed by atoms with Crippen LogP contribution in [0.3, 0.4) is 0 Å². The van der Waals surface area contributed by atoms with Crippen LogP contribution >= 0.6 is 12.4 Å². The summed E-state index contributed by atoms with van der Waals surface area (Å²) in [6, 6.07) is 9.08. The maximum atomic E-state index is 12.6. The van der Waals surface area contributed by atoms with Gasteiger partial charge in [0.1, 0.15) is 0 Å². The van der Waals surface area contributed by atoms with Crippen LogP contribution in [0.2, 0.25) is 0 Å². The van der Waals surface area contributed by atoms with Gasteiger partial charge in [-0.3, -0.25) is 9.59 Å². The zero-order valence-electron chi connectivity index (χ0n) is 13.4. The number of halogens is 1. The molecule has 4 N–H and O–H groups in total. The Morgan fingerprint density at radius 1 is 1.14 bits per heavy atom. The Balaban J connectivity index is 0.00000441. The Kier molecular flexibility index (Phi) is 8.75. The number of hydrogen-bond donors (Lipinski definition) is 2. The molecule has 1 aromatic rings. The Hall–Kier alpha value is -1.59. The van der Waals surface area contributed by atoms with Gasteiger partial charge in [-0.15, -0.1) is 12.4 Å². The van der Waals surface area contributed by atoms with E-state index in [0.29, 0.717) is 6.54 Å². The smallest absolute Gasteiger partial charge is 0.237 e. The molecule has 6 heteroatoms. The zero-order chi connectivity index (χ0) is 16.0. The number of nitrogens with two attached hydrogens (primary N) is 2. The molecule has 0 aliphatic heterocycles. The van der Waals surface area contributed by atoms with Crippen molar-refractivity contribution in [3.63, 3.8) is 0 Å². The van der Waals surface area contributed by atoms with E-state index in [1.165, 1.54) is 4.90 Å². The van der Waals surface area contributed by atoms with Gasteiger partial charge in [0.15, 0.2) is 0 Å². The molecule has 2 unspecified atom stereocenters. The summed E-state index contributed by atoms with van der Waals surface area (Å²) < 4.78 is 0. The van der Waals surface area contributed by atoms with Gasteiger partial charge in [0, 0.05) is 12.6 Å². The van der Waals surface area contributed by atoms with E-state index in [0.717, 1.165) is 5.56 Å². The van der Waals surface area contributed by atoms with Gasteiger partial charge >= 0.3 is 0 Å². The van der Waals surface area contributed by atoms with Crippen molar-refractivity contribution in [2.24, 2.45) is 23.3 Å².